The van der Waals surface area contributed by atoms with E-state index in [1.54, 1.807) is 0 Å². The van der Waals surface area contributed by atoms with E-state index < -0.39 is 0 Å². The van der Waals surface area contributed by atoms with E-state index in [-0.39, 0.29) is 11.0 Å². The first-order valence-electron chi connectivity index (χ1n) is 8.14. The maximum atomic E-state index is 4.97. The summed E-state index contributed by atoms with van der Waals surface area (Å²) in [4.78, 5) is 7.57. The summed E-state index contributed by atoms with van der Waals surface area (Å²) in [5, 5.41) is 7.12. The summed E-state index contributed by atoms with van der Waals surface area (Å²) >= 11 is 1.83. The highest BCUT2D eigenvalue weighted by atomic mass is 32.1. The van der Waals surface area contributed by atoms with Gasteiger partial charge in [0.25, 0.3) is 0 Å². The zero-order valence-corrected chi connectivity index (χ0v) is 15.3. The van der Waals surface area contributed by atoms with E-state index in [1.165, 1.54) is 30.3 Å². The fourth-order valence-corrected chi connectivity index (χ4v) is 4.35. The molecule has 1 saturated heterocycles. The molecule has 1 fully saturated rings. The molecule has 0 aliphatic carbocycles. The molecule has 1 aromatic rings. The van der Waals surface area contributed by atoms with Crippen LogP contribution in [0.25, 0.3) is 0 Å². The second-order valence-corrected chi connectivity index (χ2v) is 8.67. The number of likely N-dealkylation sites (tertiary alicyclic amines) is 1. The Morgan fingerprint density at radius 3 is 2.38 bits per heavy atom. The molecule has 0 bridgehead atoms. The van der Waals surface area contributed by atoms with E-state index in [1.807, 2.05) is 11.3 Å². The predicted octanol–water partition coefficient (Wildman–Crippen LogP) is 3.61. The summed E-state index contributed by atoms with van der Waals surface area (Å²) in [7, 11) is 2.09. The van der Waals surface area contributed by atoms with Crippen LogP contribution in [0.1, 0.15) is 58.2 Å². The van der Waals surface area contributed by atoms with Gasteiger partial charge in [0.15, 0.2) is 0 Å². The Bertz CT molecular complexity index is 451. The van der Waals surface area contributed by atoms with Gasteiger partial charge in [-0.2, -0.15) is 0 Å². The van der Waals surface area contributed by atoms with Crippen molar-refractivity contribution in [3.05, 3.63) is 16.1 Å². The van der Waals surface area contributed by atoms with Crippen LogP contribution >= 0.6 is 11.3 Å². The lowest BCUT2D eigenvalue weighted by atomic mass is 9.87. The SMILES string of the molecule is CNC1(c2nc(C(C)(C)C)cs2)CCN(CC(C)C)CC1. The first-order valence-corrected chi connectivity index (χ1v) is 9.02. The minimum atomic E-state index is 0.0850. The molecular weight excluding hydrogens is 278 g/mol. The van der Waals surface area contributed by atoms with Crippen molar-refractivity contribution in [3.8, 4) is 0 Å². The van der Waals surface area contributed by atoms with E-state index >= 15 is 0 Å². The lowest BCUT2D eigenvalue weighted by molar-refractivity contribution is 0.128. The second-order valence-electron chi connectivity index (χ2n) is 7.81. The minimum absolute atomic E-state index is 0.0850. The molecule has 4 heteroatoms. The van der Waals surface area contributed by atoms with Crippen molar-refractivity contribution in [3.63, 3.8) is 0 Å². The number of nitrogens with zero attached hydrogens (tertiary/aromatic N) is 2. The molecule has 0 amide bonds. The lowest BCUT2D eigenvalue weighted by Gasteiger charge is -2.41. The number of hydrogen-bond acceptors (Lipinski definition) is 4. The molecule has 1 aliphatic rings. The molecule has 0 atom stereocenters. The molecular formula is C17H31N3S. The van der Waals surface area contributed by atoms with Crippen LogP contribution in [0, 0.1) is 5.92 Å². The Morgan fingerprint density at radius 2 is 1.95 bits per heavy atom. The highest BCUT2D eigenvalue weighted by Gasteiger charge is 2.38. The first-order chi connectivity index (χ1) is 9.77. The molecule has 1 N–H and O–H groups in total. The van der Waals surface area contributed by atoms with Crippen LogP contribution in [-0.4, -0.2) is 36.6 Å². The van der Waals surface area contributed by atoms with Gasteiger partial charge in [0, 0.05) is 30.4 Å². The largest absolute Gasteiger partial charge is 0.308 e. The summed E-state index contributed by atoms with van der Waals surface area (Å²) in [6.07, 6.45) is 2.32. The highest BCUT2D eigenvalue weighted by molar-refractivity contribution is 7.09. The number of piperidine rings is 1. The van der Waals surface area contributed by atoms with Crippen molar-refractivity contribution in [2.45, 2.75) is 58.4 Å². The van der Waals surface area contributed by atoms with Crippen LogP contribution < -0.4 is 5.32 Å². The number of hydrogen-bond donors (Lipinski definition) is 1. The van der Waals surface area contributed by atoms with Crippen molar-refractivity contribution in [2.24, 2.45) is 5.92 Å². The second kappa shape index (κ2) is 6.35. The lowest BCUT2D eigenvalue weighted by Crippen LogP contribution is -2.50. The van der Waals surface area contributed by atoms with Gasteiger partial charge in [0.05, 0.1) is 11.2 Å². The topological polar surface area (TPSA) is 28.2 Å². The summed E-state index contributed by atoms with van der Waals surface area (Å²) < 4.78 is 0. The molecule has 0 saturated carbocycles. The number of thiazole rings is 1. The van der Waals surface area contributed by atoms with Crippen molar-refractivity contribution < 1.29 is 0 Å². The number of nitrogens with one attached hydrogen (secondary N) is 1. The van der Waals surface area contributed by atoms with Crippen LogP contribution in [0.15, 0.2) is 5.38 Å². The third kappa shape index (κ3) is 3.85. The predicted molar refractivity (Wildman–Crippen MR) is 92.1 cm³/mol. The first kappa shape index (κ1) is 16.9. The number of rotatable bonds is 4. The molecule has 120 valence electrons. The molecule has 2 rings (SSSR count). The Kier molecular flexibility index (Phi) is 5.11. The van der Waals surface area contributed by atoms with Gasteiger partial charge < -0.3 is 10.2 Å². The van der Waals surface area contributed by atoms with Crippen molar-refractivity contribution in [1.29, 1.82) is 0 Å². The molecule has 0 radical (unpaired) electrons. The molecule has 3 nitrogen and oxygen atoms in total. The molecule has 0 aromatic carbocycles. The Hall–Kier alpha value is -0.450. The van der Waals surface area contributed by atoms with E-state index in [0.29, 0.717) is 0 Å². The average Bonchev–Trinajstić information content (AvgIpc) is 2.89. The summed E-state index contributed by atoms with van der Waals surface area (Å²) in [5.41, 5.74) is 1.45. The zero-order valence-electron chi connectivity index (χ0n) is 14.5. The van der Waals surface area contributed by atoms with Gasteiger partial charge in [-0.15, -0.1) is 11.3 Å². The van der Waals surface area contributed by atoms with Gasteiger partial charge in [-0.25, -0.2) is 4.98 Å². The van der Waals surface area contributed by atoms with Crippen LogP contribution in [0.5, 0.6) is 0 Å². The van der Waals surface area contributed by atoms with Crippen molar-refractivity contribution >= 4 is 11.3 Å². The highest BCUT2D eigenvalue weighted by Crippen LogP contribution is 2.36. The normalized spacial score (nSPS) is 20.1. The Labute approximate surface area is 134 Å². The Balaban J connectivity index is 2.11. The quantitative estimate of drug-likeness (QED) is 0.921. The van der Waals surface area contributed by atoms with E-state index in [9.17, 15) is 0 Å². The third-order valence-corrected chi connectivity index (χ3v) is 5.54. The molecule has 2 heterocycles. The van der Waals surface area contributed by atoms with Gasteiger partial charge in [0.1, 0.15) is 5.01 Å². The van der Waals surface area contributed by atoms with Crippen molar-refractivity contribution in [1.82, 2.24) is 15.2 Å². The summed E-state index contributed by atoms with van der Waals surface area (Å²) in [5.74, 6) is 0.749. The fourth-order valence-electron chi connectivity index (χ4n) is 3.04. The van der Waals surface area contributed by atoms with Crippen LogP contribution in [0.4, 0.5) is 0 Å². The minimum Gasteiger partial charge on any atom is -0.308 e. The average molecular weight is 310 g/mol. The summed E-state index contributed by atoms with van der Waals surface area (Å²) in [6.45, 7) is 14.9. The molecule has 0 unspecified atom stereocenters. The molecule has 21 heavy (non-hydrogen) atoms. The Morgan fingerprint density at radius 1 is 1.33 bits per heavy atom. The fraction of sp³-hybridized carbons (Fsp3) is 0.824. The van der Waals surface area contributed by atoms with Gasteiger partial charge in [0.2, 0.25) is 0 Å². The van der Waals surface area contributed by atoms with E-state index in [2.05, 4.69) is 57.3 Å². The smallest absolute Gasteiger partial charge is 0.113 e. The van der Waals surface area contributed by atoms with Crippen LogP contribution in [0.3, 0.4) is 0 Å². The van der Waals surface area contributed by atoms with Gasteiger partial charge in [-0.1, -0.05) is 34.6 Å². The third-order valence-electron chi connectivity index (χ3n) is 4.49. The van der Waals surface area contributed by atoms with Crippen LogP contribution in [0.2, 0.25) is 0 Å². The van der Waals surface area contributed by atoms with Gasteiger partial charge in [-0.3, -0.25) is 0 Å². The van der Waals surface area contributed by atoms with Gasteiger partial charge >= 0.3 is 0 Å². The molecule has 1 aromatic heterocycles. The molecule has 1 aliphatic heterocycles. The maximum absolute atomic E-state index is 4.97. The zero-order chi connectivity index (χ0) is 15.7. The standard InChI is InChI=1S/C17H31N3S/c1-13(2)11-20-9-7-17(18-6,8-10-20)15-19-14(12-21-15)16(3,4)5/h12-13,18H,7-11H2,1-6H3. The monoisotopic (exact) mass is 309 g/mol. The number of aromatic nitrogens is 1. The van der Waals surface area contributed by atoms with E-state index in [0.717, 1.165) is 18.8 Å². The van der Waals surface area contributed by atoms with Crippen molar-refractivity contribution in [2.75, 3.05) is 26.7 Å². The maximum Gasteiger partial charge on any atom is 0.113 e. The van der Waals surface area contributed by atoms with Gasteiger partial charge in [-0.05, 0) is 25.8 Å². The van der Waals surface area contributed by atoms with E-state index in [4.69, 9.17) is 4.98 Å². The summed E-state index contributed by atoms with van der Waals surface area (Å²) in [6, 6.07) is 0. The molecule has 0 spiro atoms. The van der Waals surface area contributed by atoms with Crippen LogP contribution in [-0.2, 0) is 11.0 Å².